The van der Waals surface area contributed by atoms with Gasteiger partial charge in [0.05, 0.1) is 52.9 Å². The summed E-state index contributed by atoms with van der Waals surface area (Å²) in [6.45, 7) is 11.4. The molecule has 0 aliphatic heterocycles. The molecule has 0 fully saturated rings. The average molecular weight is 559 g/mol. The van der Waals surface area contributed by atoms with Gasteiger partial charge >= 0.3 is 0 Å². The summed E-state index contributed by atoms with van der Waals surface area (Å²) in [5.41, 5.74) is 0. The molecule has 39 heavy (non-hydrogen) atoms. The molecule has 0 amide bonds. The molecule has 0 saturated heterocycles. The van der Waals surface area contributed by atoms with E-state index in [1.165, 1.54) is 141 Å². The lowest BCUT2D eigenvalue weighted by molar-refractivity contribution is -0.0114. The summed E-state index contributed by atoms with van der Waals surface area (Å²) in [4.78, 5) is 0. The normalized spacial score (nSPS) is 11.5. The van der Waals surface area contributed by atoms with Crippen molar-refractivity contribution < 1.29 is 23.7 Å². The lowest BCUT2D eigenvalue weighted by Crippen LogP contribution is -2.13. The zero-order chi connectivity index (χ0) is 28.2. The van der Waals surface area contributed by atoms with Crippen molar-refractivity contribution in [3.05, 3.63) is 0 Å². The second kappa shape index (κ2) is 37.8. The Morgan fingerprint density at radius 2 is 0.385 bits per heavy atom. The highest BCUT2D eigenvalue weighted by molar-refractivity contribution is 4.50. The topological polar surface area (TPSA) is 46.2 Å². The van der Waals surface area contributed by atoms with E-state index in [2.05, 4.69) is 13.8 Å². The van der Waals surface area contributed by atoms with Gasteiger partial charge in [-0.1, -0.05) is 142 Å². The van der Waals surface area contributed by atoms with E-state index in [0.717, 1.165) is 13.2 Å². The van der Waals surface area contributed by atoms with Crippen LogP contribution in [-0.2, 0) is 23.7 Å². The monoisotopic (exact) mass is 559 g/mol. The summed E-state index contributed by atoms with van der Waals surface area (Å²) in [6, 6.07) is 0. The molecule has 0 aliphatic rings. The first-order valence-electron chi connectivity index (χ1n) is 17.3. The van der Waals surface area contributed by atoms with Crippen LogP contribution in [0.2, 0.25) is 0 Å². The van der Waals surface area contributed by atoms with Crippen molar-refractivity contribution in [2.75, 3.05) is 66.1 Å². The van der Waals surface area contributed by atoms with Gasteiger partial charge in [-0.25, -0.2) is 0 Å². The summed E-state index contributed by atoms with van der Waals surface area (Å²) >= 11 is 0. The van der Waals surface area contributed by atoms with Crippen LogP contribution in [0.5, 0.6) is 0 Å². The highest BCUT2D eigenvalue weighted by Crippen LogP contribution is 2.13. The minimum atomic E-state index is 0.608. The third-order valence-corrected chi connectivity index (χ3v) is 7.27. The predicted molar refractivity (Wildman–Crippen MR) is 167 cm³/mol. The van der Waals surface area contributed by atoms with Crippen molar-refractivity contribution in [1.82, 2.24) is 0 Å². The van der Waals surface area contributed by atoms with Crippen LogP contribution in [0.3, 0.4) is 0 Å². The van der Waals surface area contributed by atoms with Crippen LogP contribution in [0.1, 0.15) is 155 Å². The van der Waals surface area contributed by atoms with Crippen molar-refractivity contribution >= 4 is 0 Å². The largest absolute Gasteiger partial charge is 0.379 e. The fraction of sp³-hybridized carbons (Fsp3) is 1.00. The van der Waals surface area contributed by atoms with E-state index in [1.54, 1.807) is 0 Å². The maximum atomic E-state index is 5.68. The van der Waals surface area contributed by atoms with E-state index in [1.807, 2.05) is 0 Å². The molecule has 0 bridgehead atoms. The number of ether oxygens (including phenoxy) is 5. The summed E-state index contributed by atoms with van der Waals surface area (Å²) in [7, 11) is 0. The molecule has 0 N–H and O–H groups in total. The number of unbranched alkanes of at least 4 members (excludes halogenated alkanes) is 20. The van der Waals surface area contributed by atoms with Crippen LogP contribution < -0.4 is 0 Å². The highest BCUT2D eigenvalue weighted by atomic mass is 16.6. The molecule has 0 radical (unpaired) electrons. The van der Waals surface area contributed by atoms with Crippen LogP contribution in [0.25, 0.3) is 0 Å². The zero-order valence-corrected chi connectivity index (χ0v) is 26.7. The molecule has 0 aliphatic carbocycles. The van der Waals surface area contributed by atoms with E-state index in [4.69, 9.17) is 23.7 Å². The molecular weight excluding hydrogens is 488 g/mol. The van der Waals surface area contributed by atoms with Gasteiger partial charge in [0, 0.05) is 13.2 Å². The van der Waals surface area contributed by atoms with Crippen molar-refractivity contribution in [3.63, 3.8) is 0 Å². The van der Waals surface area contributed by atoms with E-state index in [9.17, 15) is 0 Å². The van der Waals surface area contributed by atoms with E-state index in [-0.39, 0.29) is 0 Å². The minimum Gasteiger partial charge on any atom is -0.379 e. The smallest absolute Gasteiger partial charge is 0.0701 e. The van der Waals surface area contributed by atoms with Crippen molar-refractivity contribution in [2.45, 2.75) is 155 Å². The first kappa shape index (κ1) is 38.8. The van der Waals surface area contributed by atoms with Gasteiger partial charge in [-0.2, -0.15) is 0 Å². The molecular formula is C34H70O5. The fourth-order valence-corrected chi connectivity index (χ4v) is 4.72. The second-order valence-electron chi connectivity index (χ2n) is 11.1. The lowest BCUT2D eigenvalue weighted by Gasteiger charge is -2.08. The van der Waals surface area contributed by atoms with Gasteiger partial charge in [0.2, 0.25) is 0 Å². The van der Waals surface area contributed by atoms with Gasteiger partial charge in [0.1, 0.15) is 0 Å². The molecule has 0 aromatic rings. The Bertz CT molecular complexity index is 371. The van der Waals surface area contributed by atoms with Gasteiger partial charge in [-0.3, -0.25) is 0 Å². The summed E-state index contributed by atoms with van der Waals surface area (Å²) in [5.74, 6) is 0. The third-order valence-electron chi connectivity index (χ3n) is 7.27. The molecule has 0 spiro atoms. The third kappa shape index (κ3) is 37.8. The maximum absolute atomic E-state index is 5.68. The quantitative estimate of drug-likeness (QED) is 0.0716. The van der Waals surface area contributed by atoms with Gasteiger partial charge in [0.25, 0.3) is 0 Å². The second-order valence-corrected chi connectivity index (χ2v) is 11.1. The van der Waals surface area contributed by atoms with Gasteiger partial charge in [0.15, 0.2) is 0 Å². The maximum Gasteiger partial charge on any atom is 0.0701 e. The Labute approximate surface area is 244 Å². The number of hydrogen-bond acceptors (Lipinski definition) is 5. The number of hydrogen-bond donors (Lipinski definition) is 0. The molecule has 0 heterocycles. The minimum absolute atomic E-state index is 0.608. The fourth-order valence-electron chi connectivity index (χ4n) is 4.72. The predicted octanol–water partition coefficient (Wildman–Crippen LogP) is 9.69. The van der Waals surface area contributed by atoms with Crippen molar-refractivity contribution in [2.24, 2.45) is 0 Å². The summed E-state index contributed by atoms with van der Waals surface area (Å²) < 4.78 is 28.0. The lowest BCUT2D eigenvalue weighted by atomic mass is 10.0. The van der Waals surface area contributed by atoms with Gasteiger partial charge in [-0.05, 0) is 12.8 Å². The zero-order valence-electron chi connectivity index (χ0n) is 26.7. The first-order valence-corrected chi connectivity index (χ1v) is 17.3. The summed E-state index contributed by atoms with van der Waals surface area (Å²) in [5, 5.41) is 0. The van der Waals surface area contributed by atoms with Crippen molar-refractivity contribution in [3.8, 4) is 0 Å². The Balaban J connectivity index is 3.01. The molecule has 5 heteroatoms. The standard InChI is InChI=1S/C34H70O5/c1-3-5-7-9-11-13-14-15-16-17-18-20-22-24-26-36-28-30-38-32-34-39-33-31-37-29-27-35-25-23-21-19-12-10-8-6-4-2/h3-34H2,1-2H3. The summed E-state index contributed by atoms with van der Waals surface area (Å²) in [6.07, 6.45) is 30.1. The van der Waals surface area contributed by atoms with E-state index in [0.29, 0.717) is 52.9 Å². The van der Waals surface area contributed by atoms with Gasteiger partial charge in [-0.15, -0.1) is 0 Å². The van der Waals surface area contributed by atoms with Crippen LogP contribution in [0, 0.1) is 0 Å². The molecule has 0 unspecified atom stereocenters. The molecule has 236 valence electrons. The highest BCUT2D eigenvalue weighted by Gasteiger charge is 1.97. The molecule has 0 aromatic carbocycles. The van der Waals surface area contributed by atoms with Crippen LogP contribution in [0.4, 0.5) is 0 Å². The molecule has 5 nitrogen and oxygen atoms in total. The number of rotatable bonds is 36. The van der Waals surface area contributed by atoms with Crippen LogP contribution in [-0.4, -0.2) is 66.1 Å². The Morgan fingerprint density at radius 1 is 0.205 bits per heavy atom. The molecule has 0 atom stereocenters. The van der Waals surface area contributed by atoms with Crippen molar-refractivity contribution in [1.29, 1.82) is 0 Å². The van der Waals surface area contributed by atoms with Crippen LogP contribution >= 0.6 is 0 Å². The van der Waals surface area contributed by atoms with E-state index >= 15 is 0 Å². The van der Waals surface area contributed by atoms with Gasteiger partial charge < -0.3 is 23.7 Å². The van der Waals surface area contributed by atoms with E-state index < -0.39 is 0 Å². The Morgan fingerprint density at radius 3 is 0.615 bits per heavy atom. The Kier molecular flexibility index (Phi) is 37.6. The molecule has 0 aromatic heterocycles. The average Bonchev–Trinajstić information content (AvgIpc) is 2.95. The SMILES string of the molecule is CCCCCCCCCCCCCCCCOCCOCCOCCOCCOCCCCCCCCCC. The molecule has 0 rings (SSSR count). The first-order chi connectivity index (χ1) is 19.4. The Hall–Kier alpha value is -0.200. The van der Waals surface area contributed by atoms with Crippen LogP contribution in [0.15, 0.2) is 0 Å². The molecule has 0 saturated carbocycles.